The fourth-order valence-electron chi connectivity index (χ4n) is 3.76. The Balaban J connectivity index is 1.29. The van der Waals surface area contributed by atoms with E-state index in [2.05, 4.69) is 27.6 Å². The predicted octanol–water partition coefficient (Wildman–Crippen LogP) is 5.95. The van der Waals surface area contributed by atoms with E-state index >= 15 is 0 Å². The van der Waals surface area contributed by atoms with E-state index in [4.69, 9.17) is 11.6 Å². The van der Waals surface area contributed by atoms with E-state index in [1.165, 1.54) is 4.57 Å². The lowest BCUT2D eigenvalue weighted by Crippen LogP contribution is -2.24. The van der Waals surface area contributed by atoms with Crippen molar-refractivity contribution >= 4 is 46.4 Å². The van der Waals surface area contributed by atoms with Crippen molar-refractivity contribution in [2.75, 3.05) is 5.75 Å². The number of rotatable bonds is 7. The third-order valence-electron chi connectivity index (χ3n) is 5.58. The first kappa shape index (κ1) is 24.5. The fraction of sp³-hybridized carbons (Fsp3) is 0.0345. The van der Waals surface area contributed by atoms with Crippen molar-refractivity contribution < 1.29 is 4.79 Å². The zero-order valence-electron chi connectivity index (χ0n) is 19.5. The lowest BCUT2D eigenvalue weighted by Gasteiger charge is -2.13. The molecule has 0 aliphatic rings. The minimum absolute atomic E-state index is 0.0304. The minimum atomic E-state index is -0.313. The number of aromatic nitrogens is 2. The van der Waals surface area contributed by atoms with Crippen LogP contribution in [0.2, 0.25) is 5.02 Å². The van der Waals surface area contributed by atoms with Crippen molar-refractivity contribution in [1.29, 1.82) is 0 Å². The van der Waals surface area contributed by atoms with Crippen LogP contribution >= 0.6 is 23.4 Å². The van der Waals surface area contributed by atoms with Gasteiger partial charge in [0.05, 0.1) is 28.6 Å². The summed E-state index contributed by atoms with van der Waals surface area (Å²) in [5, 5.41) is 5.53. The van der Waals surface area contributed by atoms with Crippen molar-refractivity contribution in [2.24, 2.45) is 5.10 Å². The van der Waals surface area contributed by atoms with E-state index in [-0.39, 0.29) is 17.2 Å². The highest BCUT2D eigenvalue weighted by Gasteiger charge is 2.14. The first-order valence-electron chi connectivity index (χ1n) is 11.5. The number of nitrogens with zero attached hydrogens (tertiary/aromatic N) is 3. The van der Waals surface area contributed by atoms with Crippen LogP contribution in [0.3, 0.4) is 0 Å². The maximum Gasteiger partial charge on any atom is 0.266 e. The van der Waals surface area contributed by atoms with Crippen molar-refractivity contribution in [1.82, 2.24) is 15.0 Å². The number of fused-ring (bicyclic) bond motifs is 1. The SMILES string of the molecule is O=C(CSc1nc2ccccc2c(=O)n1-c1ccc(Cl)cc1)N/N=C/c1ccc(-c2ccccc2)cc1. The molecule has 37 heavy (non-hydrogen) atoms. The van der Waals surface area contributed by atoms with Crippen LogP contribution in [-0.2, 0) is 4.79 Å². The zero-order chi connectivity index (χ0) is 25.6. The first-order valence-corrected chi connectivity index (χ1v) is 12.8. The second kappa shape index (κ2) is 11.2. The Morgan fingerprint density at radius 2 is 1.57 bits per heavy atom. The van der Waals surface area contributed by atoms with E-state index in [9.17, 15) is 9.59 Å². The van der Waals surface area contributed by atoms with Crippen LogP contribution in [0.25, 0.3) is 27.7 Å². The number of hydrogen-bond acceptors (Lipinski definition) is 5. The van der Waals surface area contributed by atoms with Gasteiger partial charge in [-0.1, -0.05) is 90.1 Å². The zero-order valence-corrected chi connectivity index (χ0v) is 21.1. The fourth-order valence-corrected chi connectivity index (χ4v) is 4.69. The van der Waals surface area contributed by atoms with Gasteiger partial charge in [0.1, 0.15) is 0 Å². The van der Waals surface area contributed by atoms with Gasteiger partial charge in [0.15, 0.2) is 5.16 Å². The topological polar surface area (TPSA) is 76.3 Å². The summed E-state index contributed by atoms with van der Waals surface area (Å²) in [6, 6.07) is 32.0. The number of hydrogen-bond donors (Lipinski definition) is 1. The summed E-state index contributed by atoms with van der Waals surface area (Å²) < 4.78 is 1.49. The van der Waals surface area contributed by atoms with Crippen LogP contribution in [0.4, 0.5) is 0 Å². The average molecular weight is 525 g/mol. The smallest absolute Gasteiger partial charge is 0.266 e. The lowest BCUT2D eigenvalue weighted by molar-refractivity contribution is -0.118. The number of para-hydroxylation sites is 1. The third kappa shape index (κ3) is 5.80. The number of carbonyl (C=O) groups excluding carboxylic acids is 1. The molecule has 1 N–H and O–H groups in total. The van der Waals surface area contributed by atoms with E-state index in [1.807, 2.05) is 48.5 Å². The van der Waals surface area contributed by atoms with Gasteiger partial charge in [0.25, 0.3) is 11.5 Å². The molecule has 0 bridgehead atoms. The van der Waals surface area contributed by atoms with Crippen molar-refractivity contribution in [3.05, 3.63) is 124 Å². The normalized spacial score (nSPS) is 11.2. The summed E-state index contributed by atoms with van der Waals surface area (Å²) in [6.07, 6.45) is 1.59. The van der Waals surface area contributed by atoms with Crippen LogP contribution in [0.5, 0.6) is 0 Å². The lowest BCUT2D eigenvalue weighted by atomic mass is 10.0. The molecule has 0 unspecified atom stereocenters. The van der Waals surface area contributed by atoms with Crippen LogP contribution in [0, 0.1) is 0 Å². The van der Waals surface area contributed by atoms with Gasteiger partial charge in [-0.25, -0.2) is 10.4 Å². The van der Waals surface area contributed by atoms with Crippen molar-refractivity contribution in [2.45, 2.75) is 5.16 Å². The summed E-state index contributed by atoms with van der Waals surface area (Å²) in [6.45, 7) is 0. The number of hydrazone groups is 1. The molecule has 1 aromatic heterocycles. The molecule has 0 saturated carbocycles. The Hall–Kier alpha value is -4.20. The summed E-state index contributed by atoms with van der Waals surface area (Å²) in [4.78, 5) is 30.4. The molecule has 0 fully saturated rings. The summed E-state index contributed by atoms with van der Waals surface area (Å²) in [7, 11) is 0. The number of amides is 1. The predicted molar refractivity (Wildman–Crippen MR) is 151 cm³/mol. The van der Waals surface area contributed by atoms with Gasteiger partial charge < -0.3 is 0 Å². The molecule has 0 spiro atoms. The number of benzene rings is 4. The largest absolute Gasteiger partial charge is 0.272 e. The van der Waals surface area contributed by atoms with Gasteiger partial charge in [-0.2, -0.15) is 5.10 Å². The second-order valence-electron chi connectivity index (χ2n) is 8.10. The molecule has 0 aliphatic heterocycles. The van der Waals surface area contributed by atoms with Crippen LogP contribution < -0.4 is 11.0 Å². The standard InChI is InChI=1S/C29H21ClN4O2S/c30-23-14-16-24(17-15-23)34-28(36)25-8-4-5-9-26(25)32-29(34)37-19-27(35)33-31-18-20-10-12-22(13-11-20)21-6-2-1-3-7-21/h1-18H,19H2,(H,33,35)/b31-18+. The molecule has 0 aliphatic carbocycles. The Morgan fingerprint density at radius 1 is 0.892 bits per heavy atom. The number of halogens is 1. The molecule has 182 valence electrons. The molecular weight excluding hydrogens is 504 g/mol. The summed E-state index contributed by atoms with van der Waals surface area (Å²) >= 11 is 7.19. The van der Waals surface area contributed by atoms with Crippen molar-refractivity contribution in [3.63, 3.8) is 0 Å². The van der Waals surface area contributed by atoms with Gasteiger partial charge in [-0.3, -0.25) is 14.2 Å². The summed E-state index contributed by atoms with van der Waals surface area (Å²) in [5.41, 5.74) is 6.61. The highest BCUT2D eigenvalue weighted by molar-refractivity contribution is 7.99. The number of thioether (sulfide) groups is 1. The highest BCUT2D eigenvalue weighted by Crippen LogP contribution is 2.22. The Labute approximate surface area is 222 Å². The van der Waals surface area contributed by atoms with Gasteiger partial charge in [0, 0.05) is 5.02 Å². The monoisotopic (exact) mass is 524 g/mol. The molecular formula is C29H21ClN4O2S. The maximum absolute atomic E-state index is 13.3. The van der Waals surface area contributed by atoms with Gasteiger partial charge in [-0.15, -0.1) is 0 Å². The van der Waals surface area contributed by atoms with Gasteiger partial charge >= 0.3 is 0 Å². The Morgan fingerprint density at radius 3 is 2.32 bits per heavy atom. The quantitative estimate of drug-likeness (QED) is 0.123. The molecule has 5 rings (SSSR count). The molecule has 5 aromatic rings. The average Bonchev–Trinajstić information content (AvgIpc) is 2.94. The van der Waals surface area contributed by atoms with Crippen LogP contribution in [-0.4, -0.2) is 27.4 Å². The minimum Gasteiger partial charge on any atom is -0.272 e. The number of nitrogens with one attached hydrogen (secondary N) is 1. The first-order chi connectivity index (χ1) is 18.1. The maximum atomic E-state index is 13.3. The van der Waals surface area contributed by atoms with E-state index in [0.717, 1.165) is 28.5 Å². The highest BCUT2D eigenvalue weighted by atomic mass is 35.5. The third-order valence-corrected chi connectivity index (χ3v) is 6.77. The number of carbonyl (C=O) groups is 1. The van der Waals surface area contributed by atoms with Crippen LogP contribution in [0.1, 0.15) is 5.56 Å². The molecule has 1 heterocycles. The molecule has 0 radical (unpaired) electrons. The Kier molecular flexibility index (Phi) is 7.44. The van der Waals surface area contributed by atoms with E-state index in [0.29, 0.717) is 26.8 Å². The molecule has 6 nitrogen and oxygen atoms in total. The van der Waals surface area contributed by atoms with Crippen molar-refractivity contribution in [3.8, 4) is 16.8 Å². The van der Waals surface area contributed by atoms with E-state index < -0.39 is 0 Å². The van der Waals surface area contributed by atoms with Gasteiger partial charge in [0.2, 0.25) is 0 Å². The molecule has 1 amide bonds. The summed E-state index contributed by atoms with van der Waals surface area (Å²) in [5.74, 6) is -0.282. The Bertz CT molecular complexity index is 1630. The molecule has 8 heteroatoms. The second-order valence-corrected chi connectivity index (χ2v) is 9.48. The van der Waals surface area contributed by atoms with E-state index in [1.54, 1.807) is 48.7 Å². The molecule has 4 aromatic carbocycles. The molecule has 0 saturated heterocycles. The van der Waals surface area contributed by atoms with Gasteiger partial charge in [-0.05, 0) is 53.1 Å². The van der Waals surface area contributed by atoms with Crippen LogP contribution in [0.15, 0.2) is 118 Å². The molecule has 0 atom stereocenters.